The average molecular weight is 312 g/mol. The third-order valence-corrected chi connectivity index (χ3v) is 3.96. The van der Waals surface area contributed by atoms with Crippen LogP contribution in [0.5, 0.6) is 0 Å². The van der Waals surface area contributed by atoms with Crippen LogP contribution in [0.25, 0.3) is 0 Å². The molecule has 0 aliphatic heterocycles. The SMILES string of the molecule is CCCN(Cc1ccc(C)cc1)C(=O)C(Br)CC. The lowest BCUT2D eigenvalue weighted by Crippen LogP contribution is -2.36. The summed E-state index contributed by atoms with van der Waals surface area (Å²) in [5.74, 6) is 0.194. The fourth-order valence-electron chi connectivity index (χ4n) is 1.82. The largest absolute Gasteiger partial charge is 0.337 e. The van der Waals surface area contributed by atoms with Crippen molar-refractivity contribution < 1.29 is 4.79 Å². The Hall–Kier alpha value is -0.830. The molecule has 0 fully saturated rings. The number of hydrogen-bond acceptors (Lipinski definition) is 1. The smallest absolute Gasteiger partial charge is 0.236 e. The van der Waals surface area contributed by atoms with Crippen LogP contribution in [0.2, 0.25) is 0 Å². The minimum absolute atomic E-state index is 0.0606. The number of amides is 1. The van der Waals surface area contributed by atoms with E-state index in [2.05, 4.69) is 54.0 Å². The first-order chi connectivity index (χ1) is 8.58. The molecule has 2 nitrogen and oxygen atoms in total. The molecule has 1 rings (SSSR count). The first-order valence-electron chi connectivity index (χ1n) is 6.56. The van der Waals surface area contributed by atoms with Gasteiger partial charge in [0.1, 0.15) is 0 Å². The Morgan fingerprint density at radius 1 is 1.28 bits per heavy atom. The molecule has 1 aromatic rings. The molecule has 1 amide bonds. The maximum Gasteiger partial charge on any atom is 0.236 e. The van der Waals surface area contributed by atoms with E-state index in [1.54, 1.807) is 0 Å². The molecule has 3 heteroatoms. The van der Waals surface area contributed by atoms with Crippen LogP contribution < -0.4 is 0 Å². The highest BCUT2D eigenvalue weighted by Crippen LogP contribution is 2.13. The zero-order chi connectivity index (χ0) is 13.5. The van der Waals surface area contributed by atoms with Crippen molar-refractivity contribution in [2.75, 3.05) is 6.54 Å². The lowest BCUT2D eigenvalue weighted by molar-refractivity contribution is -0.131. The molecule has 18 heavy (non-hydrogen) atoms. The number of carbonyl (C=O) groups excluding carboxylic acids is 1. The Labute approximate surface area is 119 Å². The van der Waals surface area contributed by atoms with Gasteiger partial charge < -0.3 is 4.90 Å². The van der Waals surface area contributed by atoms with Gasteiger partial charge in [-0.1, -0.05) is 59.6 Å². The van der Waals surface area contributed by atoms with Gasteiger partial charge in [0.25, 0.3) is 0 Å². The molecule has 0 aliphatic rings. The van der Waals surface area contributed by atoms with Crippen LogP contribution >= 0.6 is 15.9 Å². The second-order valence-corrected chi connectivity index (χ2v) is 5.73. The van der Waals surface area contributed by atoms with Crippen molar-refractivity contribution >= 4 is 21.8 Å². The fraction of sp³-hybridized carbons (Fsp3) is 0.533. The molecule has 0 N–H and O–H groups in total. The van der Waals surface area contributed by atoms with E-state index in [-0.39, 0.29) is 10.7 Å². The second-order valence-electron chi connectivity index (χ2n) is 4.62. The van der Waals surface area contributed by atoms with Gasteiger partial charge in [-0.15, -0.1) is 0 Å². The van der Waals surface area contributed by atoms with Crippen LogP contribution in [-0.2, 0) is 11.3 Å². The Balaban J connectivity index is 2.73. The molecule has 0 saturated carbocycles. The van der Waals surface area contributed by atoms with Gasteiger partial charge in [-0.05, 0) is 25.3 Å². The first kappa shape index (κ1) is 15.2. The number of hydrogen-bond donors (Lipinski definition) is 0. The van der Waals surface area contributed by atoms with Crippen LogP contribution in [0.15, 0.2) is 24.3 Å². The monoisotopic (exact) mass is 311 g/mol. The van der Waals surface area contributed by atoms with Gasteiger partial charge in [0.2, 0.25) is 5.91 Å². The lowest BCUT2D eigenvalue weighted by atomic mass is 10.1. The number of aryl methyl sites for hydroxylation is 1. The van der Waals surface area contributed by atoms with Crippen LogP contribution in [0.4, 0.5) is 0 Å². The van der Waals surface area contributed by atoms with Crippen LogP contribution in [-0.4, -0.2) is 22.2 Å². The first-order valence-corrected chi connectivity index (χ1v) is 7.48. The number of carbonyl (C=O) groups is 1. The molecule has 0 heterocycles. The van der Waals surface area contributed by atoms with E-state index in [0.717, 1.165) is 19.4 Å². The summed E-state index contributed by atoms with van der Waals surface area (Å²) in [6.45, 7) is 7.71. The summed E-state index contributed by atoms with van der Waals surface area (Å²) in [6.07, 6.45) is 1.81. The van der Waals surface area contributed by atoms with Gasteiger partial charge >= 0.3 is 0 Å². The standard InChI is InChI=1S/C15H22BrNO/c1-4-10-17(15(18)14(16)5-2)11-13-8-6-12(3)7-9-13/h6-9,14H,4-5,10-11H2,1-3H3. The van der Waals surface area contributed by atoms with Crippen molar-refractivity contribution in [2.24, 2.45) is 0 Å². The molecular formula is C15H22BrNO. The Morgan fingerprint density at radius 2 is 1.89 bits per heavy atom. The number of nitrogens with zero attached hydrogens (tertiary/aromatic N) is 1. The van der Waals surface area contributed by atoms with Crippen LogP contribution in [0.3, 0.4) is 0 Å². The van der Waals surface area contributed by atoms with Gasteiger partial charge in [0.15, 0.2) is 0 Å². The molecule has 0 aromatic heterocycles. The molecular weight excluding hydrogens is 290 g/mol. The summed E-state index contributed by atoms with van der Waals surface area (Å²) >= 11 is 3.45. The van der Waals surface area contributed by atoms with Crippen LogP contribution in [0, 0.1) is 6.92 Å². The lowest BCUT2D eigenvalue weighted by Gasteiger charge is -2.24. The zero-order valence-corrected chi connectivity index (χ0v) is 13.0. The molecule has 1 atom stereocenters. The molecule has 100 valence electrons. The minimum Gasteiger partial charge on any atom is -0.337 e. The zero-order valence-electron chi connectivity index (χ0n) is 11.4. The quantitative estimate of drug-likeness (QED) is 0.729. The summed E-state index contributed by atoms with van der Waals surface area (Å²) in [6, 6.07) is 8.38. The van der Waals surface area contributed by atoms with Gasteiger partial charge in [-0.3, -0.25) is 4.79 Å². The fourth-order valence-corrected chi connectivity index (χ4v) is 2.11. The highest BCUT2D eigenvalue weighted by Gasteiger charge is 2.19. The third kappa shape index (κ3) is 4.45. The summed E-state index contributed by atoms with van der Waals surface area (Å²) < 4.78 is 0. The van der Waals surface area contributed by atoms with Gasteiger partial charge in [-0.25, -0.2) is 0 Å². The molecule has 0 bridgehead atoms. The third-order valence-electron chi connectivity index (χ3n) is 2.93. The molecule has 0 radical (unpaired) electrons. The van der Waals surface area contributed by atoms with E-state index in [1.165, 1.54) is 11.1 Å². The predicted octanol–water partition coefficient (Wildman–Crippen LogP) is 3.91. The van der Waals surface area contributed by atoms with E-state index in [9.17, 15) is 4.79 Å². The minimum atomic E-state index is -0.0606. The second kappa shape index (κ2) is 7.57. The van der Waals surface area contributed by atoms with Crippen molar-refractivity contribution in [3.8, 4) is 0 Å². The summed E-state index contributed by atoms with van der Waals surface area (Å²) in [4.78, 5) is 14.1. The van der Waals surface area contributed by atoms with Gasteiger partial charge in [0.05, 0.1) is 4.83 Å². The van der Waals surface area contributed by atoms with E-state index in [4.69, 9.17) is 0 Å². The Morgan fingerprint density at radius 3 is 2.39 bits per heavy atom. The van der Waals surface area contributed by atoms with Crippen molar-refractivity contribution in [3.63, 3.8) is 0 Å². The topological polar surface area (TPSA) is 20.3 Å². The van der Waals surface area contributed by atoms with Crippen molar-refractivity contribution in [1.29, 1.82) is 0 Å². The maximum absolute atomic E-state index is 12.2. The number of benzene rings is 1. The van der Waals surface area contributed by atoms with Gasteiger partial charge in [0, 0.05) is 13.1 Å². The highest BCUT2D eigenvalue weighted by atomic mass is 79.9. The summed E-state index contributed by atoms with van der Waals surface area (Å²) in [5, 5.41) is 0. The average Bonchev–Trinajstić information content (AvgIpc) is 2.39. The van der Waals surface area contributed by atoms with E-state index in [1.807, 2.05) is 11.8 Å². The normalized spacial score (nSPS) is 12.2. The van der Waals surface area contributed by atoms with Crippen molar-refractivity contribution in [3.05, 3.63) is 35.4 Å². The van der Waals surface area contributed by atoms with Crippen molar-refractivity contribution in [1.82, 2.24) is 4.90 Å². The van der Waals surface area contributed by atoms with Crippen LogP contribution in [0.1, 0.15) is 37.8 Å². The predicted molar refractivity (Wildman–Crippen MR) is 79.9 cm³/mol. The molecule has 1 unspecified atom stereocenters. The number of rotatable bonds is 6. The molecule has 0 spiro atoms. The maximum atomic E-state index is 12.2. The number of halogens is 1. The molecule has 0 saturated heterocycles. The molecule has 1 aromatic carbocycles. The van der Waals surface area contributed by atoms with E-state index < -0.39 is 0 Å². The van der Waals surface area contributed by atoms with Gasteiger partial charge in [-0.2, -0.15) is 0 Å². The Bertz CT molecular complexity index is 375. The summed E-state index contributed by atoms with van der Waals surface area (Å²) in [7, 11) is 0. The Kier molecular flexibility index (Phi) is 6.41. The van der Waals surface area contributed by atoms with E-state index >= 15 is 0 Å². The van der Waals surface area contributed by atoms with Crippen molar-refractivity contribution in [2.45, 2.75) is 45.0 Å². The summed E-state index contributed by atoms with van der Waals surface area (Å²) in [5.41, 5.74) is 2.44. The number of alkyl halides is 1. The highest BCUT2D eigenvalue weighted by molar-refractivity contribution is 9.10. The molecule has 0 aliphatic carbocycles. The van der Waals surface area contributed by atoms with E-state index in [0.29, 0.717) is 6.54 Å².